The SMILES string of the molecule is C(#Cc1ccc(-c2ccc(C#Cc3ccccc3)cc2-c2ccc(C#Cc3ccccc3)cc2)cc1)c1ccccc1.N. The second-order valence-electron chi connectivity index (χ2n) is 9.76. The molecule has 0 amide bonds. The van der Waals surface area contributed by atoms with Crippen molar-refractivity contribution in [1.82, 2.24) is 6.15 Å². The van der Waals surface area contributed by atoms with Gasteiger partial charge in [0.15, 0.2) is 0 Å². The van der Waals surface area contributed by atoms with E-state index in [0.717, 1.165) is 55.6 Å². The normalized spacial score (nSPS) is 9.58. The Kier molecular flexibility index (Phi) is 9.30. The van der Waals surface area contributed by atoms with Crippen molar-refractivity contribution in [1.29, 1.82) is 0 Å². The van der Waals surface area contributed by atoms with Gasteiger partial charge < -0.3 is 6.15 Å². The second-order valence-corrected chi connectivity index (χ2v) is 9.76. The van der Waals surface area contributed by atoms with Crippen LogP contribution in [0.2, 0.25) is 0 Å². The number of rotatable bonds is 2. The summed E-state index contributed by atoms with van der Waals surface area (Å²) in [5.41, 5.74) is 10.5. The van der Waals surface area contributed by atoms with Crippen LogP contribution >= 0.6 is 0 Å². The molecule has 0 saturated carbocycles. The van der Waals surface area contributed by atoms with Crippen molar-refractivity contribution in [2.45, 2.75) is 0 Å². The molecule has 0 heterocycles. The molecule has 3 N–H and O–H groups in total. The van der Waals surface area contributed by atoms with Gasteiger partial charge in [-0.25, -0.2) is 0 Å². The molecule has 0 spiro atoms. The first kappa shape index (κ1) is 28.5. The van der Waals surface area contributed by atoms with E-state index in [1.54, 1.807) is 0 Å². The zero-order valence-corrected chi connectivity index (χ0v) is 23.7. The fourth-order valence-corrected chi connectivity index (χ4v) is 4.58. The van der Waals surface area contributed by atoms with Crippen molar-refractivity contribution < 1.29 is 0 Å². The van der Waals surface area contributed by atoms with E-state index >= 15 is 0 Å². The minimum Gasteiger partial charge on any atom is -0.344 e. The number of hydrogen-bond donors (Lipinski definition) is 1. The van der Waals surface area contributed by atoms with Gasteiger partial charge in [-0.2, -0.15) is 0 Å². The minimum atomic E-state index is 0. The van der Waals surface area contributed by atoms with E-state index in [9.17, 15) is 0 Å². The van der Waals surface area contributed by atoms with Gasteiger partial charge in [-0.3, -0.25) is 0 Å². The van der Waals surface area contributed by atoms with Crippen molar-refractivity contribution in [3.8, 4) is 57.8 Å². The van der Waals surface area contributed by atoms with Gasteiger partial charge in [0.1, 0.15) is 0 Å². The Balaban J connectivity index is 0.00000368. The highest BCUT2D eigenvalue weighted by Gasteiger charge is 2.09. The molecular formula is C42H29N. The molecule has 0 fully saturated rings. The maximum Gasteiger partial charge on any atom is 0.0255 e. The van der Waals surface area contributed by atoms with Gasteiger partial charge in [-0.1, -0.05) is 120 Å². The molecule has 0 aliphatic rings. The third-order valence-electron chi connectivity index (χ3n) is 6.79. The van der Waals surface area contributed by atoms with Crippen LogP contribution in [0.3, 0.4) is 0 Å². The van der Waals surface area contributed by atoms with Gasteiger partial charge >= 0.3 is 0 Å². The number of benzene rings is 6. The van der Waals surface area contributed by atoms with Crippen LogP contribution in [0.4, 0.5) is 0 Å². The van der Waals surface area contributed by atoms with E-state index in [0.29, 0.717) is 0 Å². The average molecular weight is 548 g/mol. The molecule has 0 saturated heterocycles. The van der Waals surface area contributed by atoms with Crippen LogP contribution in [0.1, 0.15) is 33.4 Å². The molecule has 6 aromatic rings. The first-order valence-electron chi connectivity index (χ1n) is 13.9. The van der Waals surface area contributed by atoms with E-state index in [-0.39, 0.29) is 6.15 Å². The van der Waals surface area contributed by atoms with Gasteiger partial charge in [-0.05, 0) is 95.1 Å². The Hall–Kier alpha value is -6.04. The summed E-state index contributed by atoms with van der Waals surface area (Å²) in [6, 6.07) is 53.5. The Morgan fingerprint density at radius 2 is 0.558 bits per heavy atom. The zero-order valence-electron chi connectivity index (χ0n) is 23.7. The summed E-state index contributed by atoms with van der Waals surface area (Å²) in [4.78, 5) is 0. The van der Waals surface area contributed by atoms with Crippen LogP contribution in [0.5, 0.6) is 0 Å². The van der Waals surface area contributed by atoms with Gasteiger partial charge in [0.2, 0.25) is 0 Å². The first-order chi connectivity index (χ1) is 20.8. The standard InChI is InChI=1S/C42H26.H3N/c1-4-10-33(11-5-1)16-18-36-22-27-39(28-23-36)41-31-26-38(21-20-35-14-8-3-9-15-35)32-42(41)40-29-24-37(25-30-40)19-17-34-12-6-2-7-13-34;/h1-15,22-32H;1H3. The molecule has 0 bridgehead atoms. The van der Waals surface area contributed by atoms with Crippen molar-refractivity contribution >= 4 is 0 Å². The molecule has 0 atom stereocenters. The van der Waals surface area contributed by atoms with Crippen LogP contribution in [-0.2, 0) is 0 Å². The molecule has 0 unspecified atom stereocenters. The third-order valence-corrected chi connectivity index (χ3v) is 6.79. The summed E-state index contributed by atoms with van der Waals surface area (Å²) in [5.74, 6) is 19.7. The van der Waals surface area contributed by atoms with E-state index in [1.165, 1.54) is 0 Å². The lowest BCUT2D eigenvalue weighted by molar-refractivity contribution is 1.54. The van der Waals surface area contributed by atoms with E-state index in [4.69, 9.17) is 0 Å². The van der Waals surface area contributed by atoms with Gasteiger partial charge in [0.05, 0.1) is 0 Å². The molecule has 43 heavy (non-hydrogen) atoms. The lowest BCUT2D eigenvalue weighted by atomic mass is 9.92. The van der Waals surface area contributed by atoms with Gasteiger partial charge in [-0.15, -0.1) is 0 Å². The van der Waals surface area contributed by atoms with Crippen molar-refractivity contribution in [3.05, 3.63) is 191 Å². The molecule has 0 aromatic heterocycles. The fourth-order valence-electron chi connectivity index (χ4n) is 4.58. The van der Waals surface area contributed by atoms with Crippen LogP contribution in [0.25, 0.3) is 22.3 Å². The highest BCUT2D eigenvalue weighted by Crippen LogP contribution is 2.33. The lowest BCUT2D eigenvalue weighted by Crippen LogP contribution is -1.89. The lowest BCUT2D eigenvalue weighted by Gasteiger charge is -2.12. The summed E-state index contributed by atoms with van der Waals surface area (Å²) in [7, 11) is 0. The number of hydrogen-bond acceptors (Lipinski definition) is 1. The summed E-state index contributed by atoms with van der Waals surface area (Å²) < 4.78 is 0. The van der Waals surface area contributed by atoms with E-state index in [2.05, 4.69) is 102 Å². The molecule has 1 nitrogen and oxygen atoms in total. The Morgan fingerprint density at radius 1 is 0.256 bits per heavy atom. The molecule has 202 valence electrons. The third kappa shape index (κ3) is 7.58. The highest BCUT2D eigenvalue weighted by molar-refractivity contribution is 5.85. The summed E-state index contributed by atoms with van der Waals surface area (Å²) >= 11 is 0. The smallest absolute Gasteiger partial charge is 0.0255 e. The Morgan fingerprint density at radius 3 is 0.953 bits per heavy atom. The van der Waals surface area contributed by atoms with Gasteiger partial charge in [0.25, 0.3) is 0 Å². The van der Waals surface area contributed by atoms with Crippen LogP contribution in [0.15, 0.2) is 158 Å². The van der Waals surface area contributed by atoms with Crippen LogP contribution in [-0.4, -0.2) is 0 Å². The minimum absolute atomic E-state index is 0. The van der Waals surface area contributed by atoms with Crippen molar-refractivity contribution in [3.63, 3.8) is 0 Å². The highest BCUT2D eigenvalue weighted by atomic mass is 14.1. The molecule has 6 aromatic carbocycles. The van der Waals surface area contributed by atoms with Crippen molar-refractivity contribution in [2.24, 2.45) is 0 Å². The molecule has 0 aliphatic carbocycles. The molecule has 0 radical (unpaired) electrons. The molecule has 1 heteroatoms. The maximum atomic E-state index is 3.35. The van der Waals surface area contributed by atoms with E-state index in [1.807, 2.05) is 91.0 Å². The fraction of sp³-hybridized carbons (Fsp3) is 0. The Bertz CT molecular complexity index is 1990. The largest absolute Gasteiger partial charge is 0.344 e. The average Bonchev–Trinajstić information content (AvgIpc) is 3.07. The van der Waals surface area contributed by atoms with Crippen LogP contribution < -0.4 is 6.15 Å². The first-order valence-corrected chi connectivity index (χ1v) is 13.9. The summed E-state index contributed by atoms with van der Waals surface area (Å²) in [5, 5.41) is 0. The van der Waals surface area contributed by atoms with Crippen molar-refractivity contribution in [2.75, 3.05) is 0 Å². The van der Waals surface area contributed by atoms with E-state index < -0.39 is 0 Å². The quantitative estimate of drug-likeness (QED) is 0.215. The summed E-state index contributed by atoms with van der Waals surface area (Å²) in [6.07, 6.45) is 0. The zero-order chi connectivity index (χ0) is 28.4. The molecule has 0 aliphatic heterocycles. The maximum absolute atomic E-state index is 3.35. The summed E-state index contributed by atoms with van der Waals surface area (Å²) in [6.45, 7) is 0. The Labute approximate surface area is 254 Å². The second kappa shape index (κ2) is 14.0. The monoisotopic (exact) mass is 547 g/mol. The van der Waals surface area contributed by atoms with Crippen LogP contribution in [0, 0.1) is 35.5 Å². The predicted molar refractivity (Wildman–Crippen MR) is 180 cm³/mol. The molecular weight excluding hydrogens is 518 g/mol. The van der Waals surface area contributed by atoms with Gasteiger partial charge in [0, 0.05) is 33.4 Å². The molecule has 6 rings (SSSR count). The predicted octanol–water partition coefficient (Wildman–Crippen LogP) is 9.38. The topological polar surface area (TPSA) is 35.0 Å².